The quantitative estimate of drug-likeness (QED) is 0.879. The lowest BCUT2D eigenvalue weighted by atomic mass is 10.2. The summed E-state index contributed by atoms with van der Waals surface area (Å²) in [5.41, 5.74) is 0.296. The van der Waals surface area contributed by atoms with Crippen molar-refractivity contribution in [3.05, 3.63) is 39.7 Å². The van der Waals surface area contributed by atoms with Crippen molar-refractivity contribution in [2.45, 2.75) is 32.4 Å². The minimum atomic E-state index is -0.313. The van der Waals surface area contributed by atoms with Gasteiger partial charge in [-0.2, -0.15) is 0 Å². The lowest BCUT2D eigenvalue weighted by Gasteiger charge is -2.14. The van der Waals surface area contributed by atoms with Crippen LogP contribution in [0.5, 0.6) is 0 Å². The summed E-state index contributed by atoms with van der Waals surface area (Å²) in [5, 5.41) is 11.6. The van der Waals surface area contributed by atoms with Crippen molar-refractivity contribution in [3.8, 4) is 0 Å². The maximum atomic E-state index is 12.3. The molecule has 1 amide bonds. The van der Waals surface area contributed by atoms with E-state index in [0.29, 0.717) is 5.56 Å². The number of hydrogen-bond donors (Lipinski definition) is 1. The van der Waals surface area contributed by atoms with Gasteiger partial charge in [-0.3, -0.25) is 4.79 Å². The van der Waals surface area contributed by atoms with E-state index in [0.717, 1.165) is 31.0 Å². The van der Waals surface area contributed by atoms with Crippen molar-refractivity contribution >= 4 is 29.1 Å². The molecule has 0 bridgehead atoms. The Labute approximate surface area is 131 Å². The average Bonchev–Trinajstić information content (AvgIpc) is 3.03. The third kappa shape index (κ3) is 2.73. The molecule has 1 aliphatic rings. The standard InChI is InChI=1S/C13H13Cl2N5O/c1-7(12-19-18-11-3-2-4-20(11)12)17-13(21)8-5-10(15)16-6-9(8)14/h5-7H,2-4H2,1H3,(H,17,21). The highest BCUT2D eigenvalue weighted by molar-refractivity contribution is 6.35. The lowest BCUT2D eigenvalue weighted by Crippen LogP contribution is -2.29. The number of nitrogens with zero attached hydrogens (tertiary/aromatic N) is 4. The van der Waals surface area contributed by atoms with Crippen LogP contribution >= 0.6 is 23.2 Å². The molecule has 8 heteroatoms. The van der Waals surface area contributed by atoms with E-state index in [9.17, 15) is 4.79 Å². The van der Waals surface area contributed by atoms with Gasteiger partial charge in [0.25, 0.3) is 5.91 Å². The van der Waals surface area contributed by atoms with Crippen molar-refractivity contribution in [3.63, 3.8) is 0 Å². The predicted octanol–water partition coefficient (Wildman–Crippen LogP) is 2.42. The van der Waals surface area contributed by atoms with Gasteiger partial charge in [0.05, 0.1) is 16.6 Å². The maximum Gasteiger partial charge on any atom is 0.253 e. The van der Waals surface area contributed by atoms with Crippen LogP contribution < -0.4 is 5.32 Å². The SMILES string of the molecule is CC(NC(=O)c1cc(Cl)ncc1Cl)c1nnc2n1CCC2. The molecule has 0 aromatic carbocycles. The van der Waals surface area contributed by atoms with Crippen LogP contribution in [0, 0.1) is 0 Å². The summed E-state index contributed by atoms with van der Waals surface area (Å²) in [6, 6.07) is 1.18. The summed E-state index contributed by atoms with van der Waals surface area (Å²) in [4.78, 5) is 16.1. The van der Waals surface area contributed by atoms with Crippen LogP contribution in [0.1, 0.15) is 41.4 Å². The highest BCUT2D eigenvalue weighted by atomic mass is 35.5. The number of hydrogen-bond acceptors (Lipinski definition) is 4. The summed E-state index contributed by atoms with van der Waals surface area (Å²) in [6.07, 6.45) is 3.35. The number of carbonyl (C=O) groups excluding carboxylic acids is 1. The molecule has 0 aliphatic carbocycles. The molecule has 1 atom stereocenters. The number of carbonyl (C=O) groups is 1. The molecule has 1 aliphatic heterocycles. The lowest BCUT2D eigenvalue weighted by molar-refractivity contribution is 0.0937. The molecule has 3 rings (SSSR count). The number of aryl methyl sites for hydroxylation is 1. The minimum absolute atomic E-state index is 0.223. The van der Waals surface area contributed by atoms with E-state index in [-0.39, 0.29) is 22.1 Å². The van der Waals surface area contributed by atoms with Crippen LogP contribution in [0.3, 0.4) is 0 Å². The van der Waals surface area contributed by atoms with Gasteiger partial charge in [0.15, 0.2) is 5.82 Å². The van der Waals surface area contributed by atoms with Gasteiger partial charge in [-0.25, -0.2) is 4.98 Å². The second-order valence-corrected chi connectivity index (χ2v) is 5.71. The first-order valence-corrected chi connectivity index (χ1v) is 7.35. The molecular formula is C13H13Cl2N5O. The Morgan fingerprint density at radius 1 is 1.43 bits per heavy atom. The highest BCUT2D eigenvalue weighted by Crippen LogP contribution is 2.21. The fraction of sp³-hybridized carbons (Fsp3) is 0.385. The van der Waals surface area contributed by atoms with Gasteiger partial charge < -0.3 is 9.88 Å². The van der Waals surface area contributed by atoms with Gasteiger partial charge in [-0.05, 0) is 19.4 Å². The first kappa shape index (κ1) is 14.3. The van der Waals surface area contributed by atoms with Gasteiger partial charge in [0, 0.05) is 19.2 Å². The molecule has 3 heterocycles. The number of fused-ring (bicyclic) bond motifs is 1. The Morgan fingerprint density at radius 3 is 3.05 bits per heavy atom. The Kier molecular flexibility index (Phi) is 3.82. The smallest absolute Gasteiger partial charge is 0.253 e. The maximum absolute atomic E-state index is 12.3. The van der Waals surface area contributed by atoms with Crippen molar-refractivity contribution in [1.82, 2.24) is 25.1 Å². The largest absolute Gasteiger partial charge is 0.342 e. The summed E-state index contributed by atoms with van der Waals surface area (Å²) >= 11 is 11.8. The van der Waals surface area contributed by atoms with Gasteiger partial charge in [-0.15, -0.1) is 10.2 Å². The molecule has 2 aromatic rings. The topological polar surface area (TPSA) is 72.7 Å². The summed E-state index contributed by atoms with van der Waals surface area (Å²) in [6.45, 7) is 2.75. The zero-order chi connectivity index (χ0) is 15.0. The zero-order valence-corrected chi connectivity index (χ0v) is 12.8. The first-order chi connectivity index (χ1) is 10.1. The van der Waals surface area contributed by atoms with Crippen LogP contribution in [0.15, 0.2) is 12.3 Å². The van der Waals surface area contributed by atoms with Crippen molar-refractivity contribution in [1.29, 1.82) is 0 Å². The van der Waals surface area contributed by atoms with E-state index in [1.165, 1.54) is 12.3 Å². The number of rotatable bonds is 3. The Hall–Kier alpha value is -1.66. The number of halogens is 2. The summed E-state index contributed by atoms with van der Waals surface area (Å²) in [5.74, 6) is 1.41. The molecule has 1 unspecified atom stereocenters. The normalized spacial score (nSPS) is 14.8. The number of aromatic nitrogens is 4. The van der Waals surface area contributed by atoms with E-state index in [1.807, 2.05) is 11.5 Å². The van der Waals surface area contributed by atoms with Crippen LogP contribution in [0.4, 0.5) is 0 Å². The Bertz CT molecular complexity index is 700. The molecule has 0 fully saturated rings. The Balaban J connectivity index is 1.79. The Morgan fingerprint density at radius 2 is 2.24 bits per heavy atom. The first-order valence-electron chi connectivity index (χ1n) is 6.60. The third-order valence-corrected chi connectivity index (χ3v) is 3.95. The number of pyridine rings is 1. The second-order valence-electron chi connectivity index (χ2n) is 4.91. The van der Waals surface area contributed by atoms with E-state index in [1.54, 1.807) is 0 Å². The van der Waals surface area contributed by atoms with Crippen molar-refractivity contribution in [2.24, 2.45) is 0 Å². The molecule has 2 aromatic heterocycles. The van der Waals surface area contributed by atoms with Crippen molar-refractivity contribution < 1.29 is 4.79 Å². The van der Waals surface area contributed by atoms with Gasteiger partial charge in [0.1, 0.15) is 11.0 Å². The molecule has 0 saturated carbocycles. The van der Waals surface area contributed by atoms with E-state index in [2.05, 4.69) is 20.5 Å². The molecule has 0 spiro atoms. The monoisotopic (exact) mass is 325 g/mol. The molecule has 21 heavy (non-hydrogen) atoms. The molecule has 1 N–H and O–H groups in total. The van der Waals surface area contributed by atoms with E-state index < -0.39 is 0 Å². The van der Waals surface area contributed by atoms with Crippen molar-refractivity contribution in [2.75, 3.05) is 0 Å². The van der Waals surface area contributed by atoms with Crippen LogP contribution in [-0.2, 0) is 13.0 Å². The molecule has 110 valence electrons. The number of nitrogens with one attached hydrogen (secondary N) is 1. The molecule has 0 saturated heterocycles. The van der Waals surface area contributed by atoms with Crippen LogP contribution in [0.25, 0.3) is 0 Å². The fourth-order valence-electron chi connectivity index (χ4n) is 2.42. The number of amides is 1. The summed E-state index contributed by atoms with van der Waals surface area (Å²) in [7, 11) is 0. The van der Waals surface area contributed by atoms with Crippen LogP contribution in [0.2, 0.25) is 10.2 Å². The minimum Gasteiger partial charge on any atom is -0.342 e. The molecule has 0 radical (unpaired) electrons. The third-order valence-electron chi connectivity index (χ3n) is 3.44. The van der Waals surface area contributed by atoms with Gasteiger partial charge in [-0.1, -0.05) is 23.2 Å². The van der Waals surface area contributed by atoms with Gasteiger partial charge in [0.2, 0.25) is 0 Å². The van der Waals surface area contributed by atoms with Gasteiger partial charge >= 0.3 is 0 Å². The zero-order valence-electron chi connectivity index (χ0n) is 11.3. The predicted molar refractivity (Wildman–Crippen MR) is 78.5 cm³/mol. The second kappa shape index (κ2) is 5.61. The highest BCUT2D eigenvalue weighted by Gasteiger charge is 2.23. The van der Waals surface area contributed by atoms with Crippen LogP contribution in [-0.4, -0.2) is 25.7 Å². The summed E-state index contributed by atoms with van der Waals surface area (Å²) < 4.78 is 2.05. The van der Waals surface area contributed by atoms with E-state index >= 15 is 0 Å². The molecule has 6 nitrogen and oxygen atoms in total. The average molecular weight is 326 g/mol. The molecular weight excluding hydrogens is 313 g/mol. The fourth-order valence-corrected chi connectivity index (χ4v) is 2.77. The van der Waals surface area contributed by atoms with E-state index in [4.69, 9.17) is 23.2 Å².